The maximum atomic E-state index is 14.0. The number of pyridine rings is 1. The highest BCUT2D eigenvalue weighted by Crippen LogP contribution is 2.36. The Morgan fingerprint density at radius 1 is 1.10 bits per heavy atom. The Bertz CT molecular complexity index is 1590. The number of carbonyl (C=O) groups excluding carboxylic acids is 1. The predicted molar refractivity (Wildman–Crippen MR) is 149 cm³/mol. The van der Waals surface area contributed by atoms with Crippen LogP contribution in [0.1, 0.15) is 29.7 Å². The molecule has 2 heterocycles. The minimum Gasteiger partial charge on any atom is -0.468 e. The molecule has 4 rings (SSSR count). The SMILES string of the molecule is CCc1cnccc1-c1cccc(C2CN(S(=O)(=O)CC(=O)OC)CCN2S(=O)(=O)c2cccc(Cl)c2C)c1. The van der Waals surface area contributed by atoms with E-state index in [0.29, 0.717) is 16.1 Å². The Kier molecular flexibility index (Phi) is 8.77. The van der Waals surface area contributed by atoms with Gasteiger partial charge in [0.1, 0.15) is 0 Å². The van der Waals surface area contributed by atoms with Crippen molar-refractivity contribution in [2.75, 3.05) is 32.5 Å². The van der Waals surface area contributed by atoms with E-state index in [4.69, 9.17) is 11.6 Å². The van der Waals surface area contributed by atoms with E-state index >= 15 is 0 Å². The quantitative estimate of drug-likeness (QED) is 0.366. The van der Waals surface area contributed by atoms with E-state index in [9.17, 15) is 21.6 Å². The van der Waals surface area contributed by atoms with Crippen LogP contribution in [0.3, 0.4) is 0 Å². The predicted octanol–water partition coefficient (Wildman–Crippen LogP) is 3.82. The van der Waals surface area contributed by atoms with E-state index in [1.807, 2.05) is 31.2 Å². The smallest absolute Gasteiger partial charge is 0.322 e. The van der Waals surface area contributed by atoms with Crippen LogP contribution in [-0.2, 0) is 36.0 Å². The number of methoxy groups -OCH3 is 1. The fourth-order valence-corrected chi connectivity index (χ4v) is 8.15. The van der Waals surface area contributed by atoms with Gasteiger partial charge in [-0.1, -0.05) is 42.8 Å². The number of nitrogens with zero attached hydrogens (tertiary/aromatic N) is 3. The number of ether oxygens (including phenoxy) is 1. The lowest BCUT2D eigenvalue weighted by Gasteiger charge is -2.40. The summed E-state index contributed by atoms with van der Waals surface area (Å²) in [6, 6.07) is 13.1. The second-order valence-electron chi connectivity index (χ2n) is 9.20. The fourth-order valence-electron chi connectivity index (χ4n) is 4.75. The zero-order valence-corrected chi connectivity index (χ0v) is 24.3. The van der Waals surface area contributed by atoms with E-state index in [0.717, 1.165) is 34.5 Å². The molecule has 0 bridgehead atoms. The summed E-state index contributed by atoms with van der Waals surface area (Å²) in [5, 5.41) is 0.318. The van der Waals surface area contributed by atoms with Crippen LogP contribution in [0.15, 0.2) is 65.8 Å². The van der Waals surface area contributed by atoms with Crippen LogP contribution in [0.4, 0.5) is 0 Å². The van der Waals surface area contributed by atoms with Crippen LogP contribution in [0.2, 0.25) is 5.02 Å². The van der Waals surface area contributed by atoms with Crippen LogP contribution in [0.5, 0.6) is 0 Å². The molecule has 208 valence electrons. The van der Waals surface area contributed by atoms with Crippen molar-refractivity contribution in [1.82, 2.24) is 13.6 Å². The van der Waals surface area contributed by atoms with Crippen molar-refractivity contribution < 1.29 is 26.4 Å². The average Bonchev–Trinajstić information content (AvgIpc) is 2.93. The normalized spacial score (nSPS) is 17.2. The molecule has 3 aromatic rings. The first-order chi connectivity index (χ1) is 18.5. The summed E-state index contributed by atoms with van der Waals surface area (Å²) >= 11 is 6.26. The number of rotatable bonds is 8. The van der Waals surface area contributed by atoms with Gasteiger partial charge in [-0.3, -0.25) is 9.78 Å². The molecule has 9 nitrogen and oxygen atoms in total. The maximum absolute atomic E-state index is 14.0. The van der Waals surface area contributed by atoms with Crippen molar-refractivity contribution in [2.45, 2.75) is 31.2 Å². The largest absolute Gasteiger partial charge is 0.468 e. The van der Waals surface area contributed by atoms with E-state index in [-0.39, 0.29) is 24.5 Å². The molecule has 1 fully saturated rings. The summed E-state index contributed by atoms with van der Waals surface area (Å²) in [6.07, 6.45) is 4.24. The molecule has 0 N–H and O–H groups in total. The third-order valence-electron chi connectivity index (χ3n) is 6.89. The molecule has 0 radical (unpaired) electrons. The number of hydrogen-bond acceptors (Lipinski definition) is 7. The van der Waals surface area contributed by atoms with Crippen molar-refractivity contribution >= 4 is 37.6 Å². The average molecular weight is 592 g/mol. The summed E-state index contributed by atoms with van der Waals surface area (Å²) < 4.78 is 61.2. The lowest BCUT2D eigenvalue weighted by molar-refractivity contribution is -0.137. The zero-order valence-electron chi connectivity index (χ0n) is 21.9. The summed E-state index contributed by atoms with van der Waals surface area (Å²) in [4.78, 5) is 16.1. The van der Waals surface area contributed by atoms with Crippen LogP contribution < -0.4 is 0 Å². The highest BCUT2D eigenvalue weighted by molar-refractivity contribution is 7.90. The highest BCUT2D eigenvalue weighted by atomic mass is 35.5. The van der Waals surface area contributed by atoms with Crippen molar-refractivity contribution in [3.8, 4) is 11.1 Å². The Hall–Kier alpha value is -2.83. The highest BCUT2D eigenvalue weighted by Gasteiger charge is 2.41. The van der Waals surface area contributed by atoms with Gasteiger partial charge < -0.3 is 4.74 Å². The first-order valence-electron chi connectivity index (χ1n) is 12.3. The van der Waals surface area contributed by atoms with Gasteiger partial charge in [0.25, 0.3) is 0 Å². The molecule has 1 aromatic heterocycles. The summed E-state index contributed by atoms with van der Waals surface area (Å²) in [7, 11) is -7.00. The molecule has 1 aliphatic rings. The molecule has 0 amide bonds. The fraction of sp³-hybridized carbons (Fsp3) is 0.333. The minimum absolute atomic E-state index is 0.0597. The van der Waals surface area contributed by atoms with Gasteiger partial charge in [-0.25, -0.2) is 16.8 Å². The molecule has 1 atom stereocenters. The van der Waals surface area contributed by atoms with Gasteiger partial charge in [0, 0.05) is 37.1 Å². The number of sulfonamides is 2. The van der Waals surface area contributed by atoms with Gasteiger partial charge in [-0.15, -0.1) is 0 Å². The number of benzene rings is 2. The number of hydrogen-bond donors (Lipinski definition) is 0. The van der Waals surface area contributed by atoms with Gasteiger partial charge >= 0.3 is 5.97 Å². The molecule has 1 saturated heterocycles. The van der Waals surface area contributed by atoms with Crippen molar-refractivity contribution in [1.29, 1.82) is 0 Å². The Morgan fingerprint density at radius 2 is 1.85 bits per heavy atom. The second kappa shape index (κ2) is 11.7. The summed E-state index contributed by atoms with van der Waals surface area (Å²) in [5.74, 6) is -1.71. The van der Waals surface area contributed by atoms with Gasteiger partial charge in [-0.05, 0) is 65.4 Å². The lowest BCUT2D eigenvalue weighted by atomic mass is 9.96. The number of aromatic nitrogens is 1. The van der Waals surface area contributed by atoms with Gasteiger partial charge in [-0.2, -0.15) is 8.61 Å². The number of halogens is 1. The molecule has 1 aliphatic heterocycles. The van der Waals surface area contributed by atoms with Crippen LogP contribution >= 0.6 is 11.6 Å². The van der Waals surface area contributed by atoms with Crippen molar-refractivity contribution in [3.63, 3.8) is 0 Å². The number of carbonyl (C=O) groups is 1. The summed E-state index contributed by atoms with van der Waals surface area (Å²) in [6.45, 7) is 3.27. The lowest BCUT2D eigenvalue weighted by Crippen LogP contribution is -2.53. The monoisotopic (exact) mass is 591 g/mol. The first-order valence-corrected chi connectivity index (χ1v) is 15.8. The van der Waals surface area contributed by atoms with E-state index in [1.54, 1.807) is 37.5 Å². The molecule has 39 heavy (non-hydrogen) atoms. The van der Waals surface area contributed by atoms with Crippen molar-refractivity contribution in [3.05, 3.63) is 82.6 Å². The first kappa shape index (κ1) is 29.2. The van der Waals surface area contributed by atoms with Crippen LogP contribution in [-0.4, -0.2) is 68.9 Å². The Labute approximate surface area is 234 Å². The maximum Gasteiger partial charge on any atom is 0.322 e. The Balaban J connectivity index is 1.82. The standard InChI is InChI=1S/C27H30ClN3O6S2/c1-4-20-16-29-12-11-23(20)21-7-5-8-22(15-21)25-17-30(38(33,34)18-27(32)37-3)13-14-31(25)39(35,36)26-10-6-9-24(28)19(26)2/h5-12,15-16,25H,4,13-14,17-18H2,1-3H3. The molecule has 2 aromatic carbocycles. The van der Waals surface area contributed by atoms with Gasteiger partial charge in [0.2, 0.25) is 20.0 Å². The third kappa shape index (κ3) is 6.02. The number of aryl methyl sites for hydroxylation is 1. The topological polar surface area (TPSA) is 114 Å². The zero-order chi connectivity index (χ0) is 28.4. The molecule has 0 aliphatic carbocycles. The Morgan fingerprint density at radius 3 is 2.56 bits per heavy atom. The second-order valence-corrected chi connectivity index (χ2v) is 13.4. The van der Waals surface area contributed by atoms with E-state index in [1.165, 1.54) is 10.4 Å². The molecule has 1 unspecified atom stereocenters. The number of piperazine rings is 1. The van der Waals surface area contributed by atoms with Crippen LogP contribution in [0, 0.1) is 6.92 Å². The summed E-state index contributed by atoms with van der Waals surface area (Å²) in [5.41, 5.74) is 3.88. The van der Waals surface area contributed by atoms with Gasteiger partial charge in [0.05, 0.1) is 18.0 Å². The molecule has 12 heteroatoms. The van der Waals surface area contributed by atoms with E-state index in [2.05, 4.69) is 9.72 Å². The molecular formula is C27H30ClN3O6S2. The van der Waals surface area contributed by atoms with Gasteiger partial charge in [0.15, 0.2) is 5.75 Å². The number of esters is 1. The van der Waals surface area contributed by atoms with Crippen LogP contribution in [0.25, 0.3) is 11.1 Å². The molecule has 0 saturated carbocycles. The molecular weight excluding hydrogens is 562 g/mol. The van der Waals surface area contributed by atoms with Crippen molar-refractivity contribution in [2.24, 2.45) is 0 Å². The minimum atomic E-state index is -4.07. The van der Waals surface area contributed by atoms with E-state index < -0.39 is 37.8 Å². The molecule has 0 spiro atoms. The third-order valence-corrected chi connectivity index (χ3v) is 11.1.